The van der Waals surface area contributed by atoms with Gasteiger partial charge in [0.05, 0.1) is 24.0 Å². The lowest BCUT2D eigenvalue weighted by atomic mass is 10.0. The Morgan fingerprint density at radius 1 is 0.900 bits per heavy atom. The predicted octanol–water partition coefficient (Wildman–Crippen LogP) is 4.37. The second kappa shape index (κ2) is 7.75. The lowest BCUT2D eigenvalue weighted by molar-refractivity contribution is -0.116. The SMILES string of the molecule is O=C1Cc2ccc(-c3cnc(NCc4ccccc4)nc3)cc2N1c1cccnc1. The van der Waals surface area contributed by atoms with Gasteiger partial charge in [0.25, 0.3) is 0 Å². The van der Waals surface area contributed by atoms with Gasteiger partial charge in [-0.1, -0.05) is 42.5 Å². The van der Waals surface area contributed by atoms with E-state index in [0.29, 0.717) is 18.9 Å². The molecule has 5 rings (SSSR count). The van der Waals surface area contributed by atoms with Crippen LogP contribution in [-0.4, -0.2) is 20.9 Å². The Bertz CT molecular complexity index is 1180. The number of carbonyl (C=O) groups excluding carboxylic acids is 1. The fourth-order valence-corrected chi connectivity index (χ4v) is 3.59. The number of carbonyl (C=O) groups is 1. The van der Waals surface area contributed by atoms with Gasteiger partial charge in [0.15, 0.2) is 0 Å². The van der Waals surface area contributed by atoms with Crippen molar-refractivity contribution < 1.29 is 4.79 Å². The standard InChI is InChI=1S/C24H19N5O/c30-23-12-19-9-8-18(11-22(19)29(23)21-7-4-10-25-16-21)20-14-27-24(28-15-20)26-13-17-5-2-1-3-6-17/h1-11,14-16H,12-13H2,(H,26,27,28). The van der Waals surface area contributed by atoms with E-state index in [1.165, 1.54) is 5.56 Å². The van der Waals surface area contributed by atoms with Crippen LogP contribution in [0.2, 0.25) is 0 Å². The third-order valence-electron chi connectivity index (χ3n) is 5.10. The summed E-state index contributed by atoms with van der Waals surface area (Å²) < 4.78 is 0. The average Bonchev–Trinajstić information content (AvgIpc) is 3.14. The molecule has 2 aromatic heterocycles. The number of pyridine rings is 1. The second-order valence-corrected chi connectivity index (χ2v) is 7.10. The number of rotatable bonds is 5. The van der Waals surface area contributed by atoms with Crippen molar-refractivity contribution in [1.29, 1.82) is 0 Å². The van der Waals surface area contributed by atoms with Crippen LogP contribution in [-0.2, 0) is 17.8 Å². The molecule has 6 heteroatoms. The summed E-state index contributed by atoms with van der Waals surface area (Å²) in [4.78, 5) is 27.3. The van der Waals surface area contributed by atoms with E-state index < -0.39 is 0 Å². The molecule has 1 aliphatic heterocycles. The molecular weight excluding hydrogens is 374 g/mol. The molecule has 1 amide bonds. The minimum atomic E-state index is 0.0480. The number of hydrogen-bond donors (Lipinski definition) is 1. The van der Waals surface area contributed by atoms with Crippen LogP contribution < -0.4 is 10.2 Å². The Hall–Kier alpha value is -4.06. The average molecular weight is 393 g/mol. The van der Waals surface area contributed by atoms with E-state index in [1.807, 2.05) is 48.5 Å². The summed E-state index contributed by atoms with van der Waals surface area (Å²) >= 11 is 0. The first kappa shape index (κ1) is 18.0. The molecule has 0 aliphatic carbocycles. The van der Waals surface area contributed by atoms with Gasteiger partial charge in [-0.25, -0.2) is 9.97 Å². The number of aromatic nitrogens is 3. The van der Waals surface area contributed by atoms with Crippen molar-refractivity contribution >= 4 is 23.2 Å². The van der Waals surface area contributed by atoms with Crippen molar-refractivity contribution in [2.75, 3.05) is 10.2 Å². The van der Waals surface area contributed by atoms with Gasteiger partial charge in [-0.05, 0) is 34.9 Å². The molecule has 1 aliphatic rings. The molecule has 2 aromatic carbocycles. The van der Waals surface area contributed by atoms with E-state index in [-0.39, 0.29) is 5.91 Å². The molecule has 0 unspecified atom stereocenters. The Balaban J connectivity index is 1.38. The van der Waals surface area contributed by atoms with Crippen LogP contribution in [0.5, 0.6) is 0 Å². The predicted molar refractivity (Wildman–Crippen MR) is 116 cm³/mol. The fraction of sp³-hybridized carbons (Fsp3) is 0.0833. The summed E-state index contributed by atoms with van der Waals surface area (Å²) in [6.45, 7) is 0.668. The Morgan fingerprint density at radius 3 is 2.50 bits per heavy atom. The molecule has 0 bridgehead atoms. The smallest absolute Gasteiger partial charge is 0.236 e. The zero-order valence-electron chi connectivity index (χ0n) is 16.2. The molecule has 0 spiro atoms. The van der Waals surface area contributed by atoms with Gasteiger partial charge < -0.3 is 5.32 Å². The van der Waals surface area contributed by atoms with Crippen LogP contribution in [0.25, 0.3) is 11.1 Å². The lowest BCUT2D eigenvalue weighted by Crippen LogP contribution is -2.20. The maximum Gasteiger partial charge on any atom is 0.236 e. The number of benzene rings is 2. The molecule has 0 fully saturated rings. The minimum absolute atomic E-state index is 0.0480. The van der Waals surface area contributed by atoms with E-state index >= 15 is 0 Å². The van der Waals surface area contributed by atoms with Crippen LogP contribution in [0, 0.1) is 0 Å². The first-order chi connectivity index (χ1) is 14.8. The second-order valence-electron chi connectivity index (χ2n) is 7.10. The summed E-state index contributed by atoms with van der Waals surface area (Å²) in [5, 5.41) is 3.23. The fourth-order valence-electron chi connectivity index (χ4n) is 3.59. The molecular formula is C24H19N5O. The number of amides is 1. The largest absolute Gasteiger partial charge is 0.350 e. The van der Waals surface area contributed by atoms with E-state index in [9.17, 15) is 4.79 Å². The minimum Gasteiger partial charge on any atom is -0.350 e. The van der Waals surface area contributed by atoms with Crippen molar-refractivity contribution in [3.05, 3.63) is 96.6 Å². The van der Waals surface area contributed by atoms with Gasteiger partial charge >= 0.3 is 0 Å². The molecule has 4 aromatic rings. The maximum absolute atomic E-state index is 12.6. The van der Waals surface area contributed by atoms with Gasteiger partial charge in [0, 0.05) is 30.7 Å². The maximum atomic E-state index is 12.6. The van der Waals surface area contributed by atoms with Gasteiger partial charge in [0.2, 0.25) is 11.9 Å². The molecule has 0 saturated heterocycles. The summed E-state index contributed by atoms with van der Waals surface area (Å²) in [6.07, 6.45) is 7.39. The van der Waals surface area contributed by atoms with Crippen molar-refractivity contribution in [2.24, 2.45) is 0 Å². The zero-order valence-corrected chi connectivity index (χ0v) is 16.2. The Morgan fingerprint density at radius 2 is 1.73 bits per heavy atom. The molecule has 0 saturated carbocycles. The van der Waals surface area contributed by atoms with E-state index in [0.717, 1.165) is 28.1 Å². The van der Waals surface area contributed by atoms with Crippen LogP contribution in [0.4, 0.5) is 17.3 Å². The lowest BCUT2D eigenvalue weighted by Gasteiger charge is -2.17. The summed E-state index contributed by atoms with van der Waals surface area (Å²) in [5.41, 5.74) is 5.70. The van der Waals surface area contributed by atoms with Crippen molar-refractivity contribution in [1.82, 2.24) is 15.0 Å². The van der Waals surface area contributed by atoms with E-state index in [1.54, 1.807) is 29.7 Å². The summed E-state index contributed by atoms with van der Waals surface area (Å²) in [5.74, 6) is 0.628. The number of hydrogen-bond acceptors (Lipinski definition) is 5. The molecule has 0 atom stereocenters. The van der Waals surface area contributed by atoms with Crippen LogP contribution in [0.1, 0.15) is 11.1 Å². The normalized spacial score (nSPS) is 12.7. The molecule has 0 radical (unpaired) electrons. The van der Waals surface area contributed by atoms with Crippen LogP contribution in [0.15, 0.2) is 85.5 Å². The van der Waals surface area contributed by atoms with Crippen molar-refractivity contribution in [3.63, 3.8) is 0 Å². The van der Waals surface area contributed by atoms with E-state index in [2.05, 4.69) is 32.4 Å². The quantitative estimate of drug-likeness (QED) is 0.545. The Kier molecular flexibility index (Phi) is 4.65. The monoisotopic (exact) mass is 393 g/mol. The number of nitrogens with zero attached hydrogens (tertiary/aromatic N) is 4. The molecule has 1 N–H and O–H groups in total. The van der Waals surface area contributed by atoms with Crippen LogP contribution >= 0.6 is 0 Å². The van der Waals surface area contributed by atoms with Crippen molar-refractivity contribution in [3.8, 4) is 11.1 Å². The van der Waals surface area contributed by atoms with Gasteiger partial charge in [-0.2, -0.15) is 0 Å². The molecule has 30 heavy (non-hydrogen) atoms. The van der Waals surface area contributed by atoms with Crippen molar-refractivity contribution in [2.45, 2.75) is 13.0 Å². The first-order valence-corrected chi connectivity index (χ1v) is 9.74. The number of fused-ring (bicyclic) bond motifs is 1. The van der Waals surface area contributed by atoms with Gasteiger partial charge in [-0.3, -0.25) is 14.7 Å². The van der Waals surface area contributed by atoms with Crippen LogP contribution in [0.3, 0.4) is 0 Å². The molecule has 6 nitrogen and oxygen atoms in total. The third kappa shape index (κ3) is 3.51. The number of nitrogens with one attached hydrogen (secondary N) is 1. The van der Waals surface area contributed by atoms with Gasteiger partial charge in [0.1, 0.15) is 0 Å². The highest BCUT2D eigenvalue weighted by Gasteiger charge is 2.29. The summed E-state index contributed by atoms with van der Waals surface area (Å²) in [6, 6.07) is 19.9. The Labute approximate surface area is 174 Å². The third-order valence-corrected chi connectivity index (χ3v) is 5.10. The summed E-state index contributed by atoms with van der Waals surface area (Å²) in [7, 11) is 0. The highest BCUT2D eigenvalue weighted by Crippen LogP contribution is 2.37. The van der Waals surface area contributed by atoms with E-state index in [4.69, 9.17) is 0 Å². The first-order valence-electron chi connectivity index (χ1n) is 9.74. The zero-order chi connectivity index (χ0) is 20.3. The number of anilines is 3. The van der Waals surface area contributed by atoms with Gasteiger partial charge in [-0.15, -0.1) is 0 Å². The molecule has 3 heterocycles. The molecule has 146 valence electrons. The topological polar surface area (TPSA) is 71.0 Å². The highest BCUT2D eigenvalue weighted by atomic mass is 16.2. The highest BCUT2D eigenvalue weighted by molar-refractivity contribution is 6.07.